The van der Waals surface area contributed by atoms with Crippen LogP contribution in [0, 0.1) is 5.82 Å². The number of anilines is 2. The second kappa shape index (κ2) is 10.6. The zero-order valence-electron chi connectivity index (χ0n) is 17.4. The van der Waals surface area contributed by atoms with Crippen molar-refractivity contribution in [2.45, 2.75) is 26.8 Å². The molecule has 0 saturated carbocycles. The predicted octanol–water partition coefficient (Wildman–Crippen LogP) is 3.63. The molecule has 0 spiro atoms. The lowest BCUT2D eigenvalue weighted by molar-refractivity contribution is -0.120. The molecule has 0 aliphatic rings. The fourth-order valence-electron chi connectivity index (χ4n) is 2.94. The summed E-state index contributed by atoms with van der Waals surface area (Å²) < 4.78 is 13.7. The zero-order chi connectivity index (χ0) is 22.2. The summed E-state index contributed by atoms with van der Waals surface area (Å²) in [4.78, 5) is 35.2. The number of halogens is 1. The van der Waals surface area contributed by atoms with Crippen molar-refractivity contribution in [3.63, 3.8) is 0 Å². The average Bonchev–Trinajstić information content (AvgIpc) is 3.20. The van der Waals surface area contributed by atoms with Crippen LogP contribution in [0.3, 0.4) is 0 Å². The molecule has 0 aliphatic heterocycles. The maximum Gasteiger partial charge on any atom is 0.260 e. The molecule has 0 fully saturated rings. The Labute approximate surface area is 184 Å². The van der Waals surface area contributed by atoms with Crippen molar-refractivity contribution in [1.82, 2.24) is 15.3 Å². The highest BCUT2D eigenvalue weighted by molar-refractivity contribution is 7.14. The van der Waals surface area contributed by atoms with Gasteiger partial charge in [-0.3, -0.25) is 14.9 Å². The van der Waals surface area contributed by atoms with Gasteiger partial charge in [0.15, 0.2) is 5.13 Å². The monoisotopic (exact) mass is 441 g/mol. The van der Waals surface area contributed by atoms with E-state index in [4.69, 9.17) is 0 Å². The number of amides is 2. The van der Waals surface area contributed by atoms with Crippen molar-refractivity contribution in [2.24, 2.45) is 0 Å². The maximum atomic E-state index is 13.7. The smallest absolute Gasteiger partial charge is 0.260 e. The quantitative estimate of drug-likeness (QED) is 0.529. The molecule has 0 aliphatic carbocycles. The van der Waals surface area contributed by atoms with Crippen molar-refractivity contribution in [3.8, 4) is 0 Å². The van der Waals surface area contributed by atoms with Crippen LogP contribution in [0.5, 0.6) is 0 Å². The molecule has 2 heterocycles. The Morgan fingerprint density at radius 1 is 1.13 bits per heavy atom. The van der Waals surface area contributed by atoms with E-state index in [-0.39, 0.29) is 17.9 Å². The fraction of sp³-hybridized carbons (Fsp3) is 0.273. The van der Waals surface area contributed by atoms with Crippen molar-refractivity contribution in [3.05, 3.63) is 70.6 Å². The molecule has 3 aromatic rings. The molecule has 0 unspecified atom stereocenters. The van der Waals surface area contributed by atoms with Gasteiger partial charge in [0.05, 0.1) is 17.7 Å². The highest BCUT2D eigenvalue weighted by Gasteiger charge is 2.14. The minimum atomic E-state index is -0.601. The van der Waals surface area contributed by atoms with Gasteiger partial charge in [-0.15, -0.1) is 11.3 Å². The van der Waals surface area contributed by atoms with E-state index in [1.165, 1.54) is 29.5 Å². The van der Waals surface area contributed by atoms with Crippen molar-refractivity contribution < 1.29 is 14.0 Å². The number of aromatic nitrogens is 2. The predicted molar refractivity (Wildman–Crippen MR) is 120 cm³/mol. The Bertz CT molecular complexity index is 1030. The van der Waals surface area contributed by atoms with Crippen LogP contribution < -0.4 is 15.5 Å². The van der Waals surface area contributed by atoms with Crippen LogP contribution in [-0.4, -0.2) is 34.9 Å². The Kier molecular flexibility index (Phi) is 7.66. The lowest BCUT2D eigenvalue weighted by atomic mass is 10.2. The Balaban J connectivity index is 1.50. The summed E-state index contributed by atoms with van der Waals surface area (Å²) in [6.07, 6.45) is 1.84. The molecule has 1 aromatic carbocycles. The lowest BCUT2D eigenvalue weighted by Gasteiger charge is -2.19. The van der Waals surface area contributed by atoms with Gasteiger partial charge in [-0.25, -0.2) is 14.4 Å². The van der Waals surface area contributed by atoms with Crippen LogP contribution in [0.25, 0.3) is 0 Å². The van der Waals surface area contributed by atoms with Crippen molar-refractivity contribution in [1.29, 1.82) is 0 Å². The molecule has 2 N–H and O–H groups in total. The first-order valence-corrected chi connectivity index (χ1v) is 10.8. The van der Waals surface area contributed by atoms with E-state index in [0.717, 1.165) is 24.5 Å². The molecule has 0 bridgehead atoms. The summed E-state index contributed by atoms with van der Waals surface area (Å²) in [6.45, 7) is 6.29. The van der Waals surface area contributed by atoms with Gasteiger partial charge in [0.25, 0.3) is 5.91 Å². The number of rotatable bonds is 9. The maximum absolute atomic E-state index is 13.7. The van der Waals surface area contributed by atoms with E-state index in [1.807, 2.05) is 12.1 Å². The summed E-state index contributed by atoms with van der Waals surface area (Å²) in [5, 5.41) is 7.41. The lowest BCUT2D eigenvalue weighted by Crippen LogP contribution is -2.25. The normalized spacial score (nSPS) is 10.5. The molecular formula is C22H24FN5O2S. The van der Waals surface area contributed by atoms with E-state index in [2.05, 4.69) is 39.3 Å². The first kappa shape index (κ1) is 22.4. The van der Waals surface area contributed by atoms with E-state index in [1.54, 1.807) is 17.6 Å². The third kappa shape index (κ3) is 6.08. The van der Waals surface area contributed by atoms with E-state index in [9.17, 15) is 14.0 Å². The first-order chi connectivity index (χ1) is 15.0. The van der Waals surface area contributed by atoms with Gasteiger partial charge in [-0.05, 0) is 37.6 Å². The number of thiazole rings is 1. The fourth-order valence-corrected chi connectivity index (χ4v) is 3.64. The molecule has 31 heavy (non-hydrogen) atoms. The summed E-state index contributed by atoms with van der Waals surface area (Å²) in [5.74, 6) is -0.461. The number of hydrogen-bond acceptors (Lipinski definition) is 6. The van der Waals surface area contributed by atoms with Crippen LogP contribution >= 0.6 is 11.3 Å². The number of nitrogens with one attached hydrogen (secondary N) is 2. The molecular weight excluding hydrogens is 417 g/mol. The van der Waals surface area contributed by atoms with Crippen LogP contribution in [-0.2, 0) is 17.8 Å². The van der Waals surface area contributed by atoms with E-state index < -0.39 is 11.7 Å². The number of nitrogens with zero attached hydrogens (tertiary/aromatic N) is 3. The molecule has 7 nitrogen and oxygen atoms in total. The third-order valence-corrected chi connectivity index (χ3v) is 5.43. The Morgan fingerprint density at radius 2 is 1.90 bits per heavy atom. The van der Waals surface area contributed by atoms with Crippen LogP contribution in [0.15, 0.2) is 48.0 Å². The second-order valence-corrected chi connectivity index (χ2v) is 7.59. The van der Waals surface area contributed by atoms with Crippen LogP contribution in [0.4, 0.5) is 15.3 Å². The molecule has 0 atom stereocenters. The Hall–Kier alpha value is -3.33. The number of benzene rings is 1. The molecule has 0 saturated heterocycles. The zero-order valence-corrected chi connectivity index (χ0v) is 18.2. The van der Waals surface area contributed by atoms with Gasteiger partial charge >= 0.3 is 0 Å². The number of carbonyl (C=O) groups excluding carboxylic acids is 2. The molecule has 3 rings (SSSR count). The third-order valence-electron chi connectivity index (χ3n) is 4.62. The van der Waals surface area contributed by atoms with Gasteiger partial charge in [-0.2, -0.15) is 0 Å². The standard InChI is InChI=1S/C22H24FN5O2S/c1-3-28(4-2)19-10-9-15(12-24-19)13-25-20(29)11-16-14-31-22(26-16)27-21(30)17-7-5-6-8-18(17)23/h5-10,12,14H,3-4,11,13H2,1-2H3,(H,25,29)(H,26,27,30). The molecule has 2 aromatic heterocycles. The second-order valence-electron chi connectivity index (χ2n) is 6.73. The SMILES string of the molecule is CCN(CC)c1ccc(CNC(=O)Cc2csc(NC(=O)c3ccccc3F)n2)cn1. The number of carbonyl (C=O) groups is 2. The topological polar surface area (TPSA) is 87.2 Å². The molecule has 2 amide bonds. The minimum Gasteiger partial charge on any atom is -0.357 e. The molecule has 162 valence electrons. The average molecular weight is 442 g/mol. The number of hydrogen-bond donors (Lipinski definition) is 2. The summed E-state index contributed by atoms with van der Waals surface area (Å²) in [5.41, 5.74) is 1.37. The van der Waals surface area contributed by atoms with Crippen LogP contribution in [0.1, 0.15) is 35.5 Å². The van der Waals surface area contributed by atoms with Crippen molar-refractivity contribution in [2.75, 3.05) is 23.3 Å². The summed E-state index contributed by atoms with van der Waals surface area (Å²) >= 11 is 1.18. The van der Waals surface area contributed by atoms with Gasteiger partial charge in [0.2, 0.25) is 5.91 Å². The van der Waals surface area contributed by atoms with Gasteiger partial charge < -0.3 is 10.2 Å². The largest absolute Gasteiger partial charge is 0.357 e. The minimum absolute atomic E-state index is 0.0578. The Morgan fingerprint density at radius 3 is 2.58 bits per heavy atom. The van der Waals surface area contributed by atoms with Gasteiger partial charge in [0, 0.05) is 31.2 Å². The van der Waals surface area contributed by atoms with Crippen LogP contribution in [0.2, 0.25) is 0 Å². The first-order valence-electron chi connectivity index (χ1n) is 9.97. The summed E-state index contributed by atoms with van der Waals surface area (Å²) in [6, 6.07) is 9.61. The molecule has 0 radical (unpaired) electrons. The van der Waals surface area contributed by atoms with Gasteiger partial charge in [-0.1, -0.05) is 18.2 Å². The van der Waals surface area contributed by atoms with Crippen molar-refractivity contribution >= 4 is 34.1 Å². The number of pyridine rings is 1. The molecule has 9 heteroatoms. The van der Waals surface area contributed by atoms with E-state index >= 15 is 0 Å². The summed E-state index contributed by atoms with van der Waals surface area (Å²) in [7, 11) is 0. The van der Waals surface area contributed by atoms with Gasteiger partial charge in [0.1, 0.15) is 11.6 Å². The van der Waals surface area contributed by atoms with E-state index in [0.29, 0.717) is 17.4 Å². The highest BCUT2D eigenvalue weighted by Crippen LogP contribution is 2.18. The highest BCUT2D eigenvalue weighted by atomic mass is 32.1.